The minimum Gasteiger partial charge on any atom is -0.481 e. The van der Waals surface area contributed by atoms with Crippen molar-refractivity contribution in [3.8, 4) is 0 Å². The van der Waals surface area contributed by atoms with Gasteiger partial charge in [0.05, 0.1) is 5.92 Å². The summed E-state index contributed by atoms with van der Waals surface area (Å²) in [7, 11) is 0. The van der Waals surface area contributed by atoms with Crippen molar-refractivity contribution in [2.24, 2.45) is 11.8 Å². The van der Waals surface area contributed by atoms with Gasteiger partial charge in [0.1, 0.15) is 0 Å². The van der Waals surface area contributed by atoms with Crippen molar-refractivity contribution in [3.63, 3.8) is 0 Å². The Bertz CT molecular complexity index is 303. The van der Waals surface area contributed by atoms with Crippen LogP contribution < -0.4 is 0 Å². The molecule has 0 heterocycles. The number of aliphatic carboxylic acids is 1. The van der Waals surface area contributed by atoms with Crippen LogP contribution in [-0.4, -0.2) is 46.2 Å². The molecule has 0 radical (unpaired) electrons. The summed E-state index contributed by atoms with van der Waals surface area (Å²) in [6.07, 6.45) is 2.28. The molecule has 0 aromatic carbocycles. The largest absolute Gasteiger partial charge is 0.481 e. The molecule has 1 rings (SSSR count). The molecule has 0 aromatic rings. The Kier molecular flexibility index (Phi) is 5.59. The molecule has 5 heteroatoms. The third kappa shape index (κ3) is 3.70. The van der Waals surface area contributed by atoms with Crippen LogP contribution in [0.3, 0.4) is 0 Å². The standard InChI is InChI=1S/C13H23NO4/c1-9(2)14(6-3-7-15)12(16)10-4-5-11(8-10)13(17)18/h9-11,15H,3-8H2,1-2H3,(H,17,18). The van der Waals surface area contributed by atoms with Gasteiger partial charge in [0.25, 0.3) is 0 Å². The first-order valence-electron chi connectivity index (χ1n) is 6.61. The number of aliphatic hydroxyl groups excluding tert-OH is 1. The highest BCUT2D eigenvalue weighted by molar-refractivity contribution is 5.81. The van der Waals surface area contributed by atoms with Gasteiger partial charge in [0, 0.05) is 25.1 Å². The normalized spacial score (nSPS) is 23.3. The van der Waals surface area contributed by atoms with Crippen molar-refractivity contribution in [1.82, 2.24) is 4.90 Å². The highest BCUT2D eigenvalue weighted by Crippen LogP contribution is 2.32. The molecule has 2 atom stereocenters. The smallest absolute Gasteiger partial charge is 0.306 e. The van der Waals surface area contributed by atoms with Crippen molar-refractivity contribution in [1.29, 1.82) is 0 Å². The number of hydrogen-bond acceptors (Lipinski definition) is 3. The Morgan fingerprint density at radius 2 is 1.89 bits per heavy atom. The molecule has 1 aliphatic carbocycles. The maximum atomic E-state index is 12.3. The Morgan fingerprint density at radius 3 is 2.33 bits per heavy atom. The van der Waals surface area contributed by atoms with E-state index in [9.17, 15) is 9.59 Å². The monoisotopic (exact) mass is 257 g/mol. The minimum absolute atomic E-state index is 0.0437. The van der Waals surface area contributed by atoms with Gasteiger partial charge in [-0.2, -0.15) is 0 Å². The number of hydrogen-bond donors (Lipinski definition) is 2. The highest BCUT2D eigenvalue weighted by atomic mass is 16.4. The molecule has 0 aromatic heterocycles. The first-order valence-corrected chi connectivity index (χ1v) is 6.61. The number of amides is 1. The fourth-order valence-electron chi connectivity index (χ4n) is 2.53. The van der Waals surface area contributed by atoms with Crippen LogP contribution in [0.25, 0.3) is 0 Å². The number of carboxylic acid groups (broad SMARTS) is 1. The molecule has 0 aliphatic heterocycles. The van der Waals surface area contributed by atoms with Crippen LogP contribution in [0.4, 0.5) is 0 Å². The van der Waals surface area contributed by atoms with E-state index in [4.69, 9.17) is 10.2 Å². The van der Waals surface area contributed by atoms with Gasteiger partial charge in [-0.1, -0.05) is 0 Å². The number of rotatable bonds is 6. The lowest BCUT2D eigenvalue weighted by Gasteiger charge is -2.29. The van der Waals surface area contributed by atoms with Crippen LogP contribution in [0.2, 0.25) is 0 Å². The van der Waals surface area contributed by atoms with Crippen LogP contribution in [0.5, 0.6) is 0 Å². The summed E-state index contributed by atoms with van der Waals surface area (Å²) >= 11 is 0. The summed E-state index contributed by atoms with van der Waals surface area (Å²) in [4.78, 5) is 25.0. The molecule has 1 amide bonds. The molecule has 0 spiro atoms. The van der Waals surface area contributed by atoms with Crippen LogP contribution in [0.1, 0.15) is 39.5 Å². The van der Waals surface area contributed by atoms with Gasteiger partial charge in [-0.25, -0.2) is 0 Å². The lowest BCUT2D eigenvalue weighted by Crippen LogP contribution is -2.41. The van der Waals surface area contributed by atoms with E-state index in [-0.39, 0.29) is 30.4 Å². The zero-order valence-corrected chi connectivity index (χ0v) is 11.1. The summed E-state index contributed by atoms with van der Waals surface area (Å²) in [5, 5.41) is 17.8. The van der Waals surface area contributed by atoms with E-state index in [1.807, 2.05) is 13.8 Å². The number of aliphatic hydroxyl groups is 1. The summed E-state index contributed by atoms with van der Waals surface area (Å²) in [5.74, 6) is -1.28. The fraction of sp³-hybridized carbons (Fsp3) is 0.846. The zero-order chi connectivity index (χ0) is 13.7. The summed E-state index contributed by atoms with van der Waals surface area (Å²) < 4.78 is 0. The van der Waals surface area contributed by atoms with E-state index in [0.717, 1.165) is 0 Å². The highest BCUT2D eigenvalue weighted by Gasteiger charge is 2.36. The van der Waals surface area contributed by atoms with E-state index >= 15 is 0 Å². The first-order chi connectivity index (χ1) is 8.47. The van der Waals surface area contributed by atoms with Crippen LogP contribution >= 0.6 is 0 Å². The maximum Gasteiger partial charge on any atom is 0.306 e. The SMILES string of the molecule is CC(C)N(CCCO)C(=O)C1CCC(C(=O)O)C1. The molecule has 0 bridgehead atoms. The van der Waals surface area contributed by atoms with Gasteiger partial charge in [-0.15, -0.1) is 0 Å². The first kappa shape index (κ1) is 15.0. The van der Waals surface area contributed by atoms with Crippen molar-refractivity contribution >= 4 is 11.9 Å². The van der Waals surface area contributed by atoms with Crippen LogP contribution in [0.15, 0.2) is 0 Å². The molecule has 104 valence electrons. The topological polar surface area (TPSA) is 77.8 Å². The van der Waals surface area contributed by atoms with Gasteiger partial charge in [0.2, 0.25) is 5.91 Å². The molecule has 1 saturated carbocycles. The number of nitrogens with zero attached hydrogens (tertiary/aromatic N) is 1. The number of carbonyl (C=O) groups excluding carboxylic acids is 1. The lowest BCUT2D eigenvalue weighted by atomic mass is 10.0. The Morgan fingerprint density at radius 1 is 1.28 bits per heavy atom. The number of carboxylic acids is 1. The van der Waals surface area contributed by atoms with Gasteiger partial charge >= 0.3 is 5.97 Å². The average molecular weight is 257 g/mol. The van der Waals surface area contributed by atoms with Crippen molar-refractivity contribution in [3.05, 3.63) is 0 Å². The van der Waals surface area contributed by atoms with E-state index in [1.165, 1.54) is 0 Å². The van der Waals surface area contributed by atoms with E-state index < -0.39 is 5.97 Å². The molecule has 1 aliphatic rings. The number of carbonyl (C=O) groups is 2. The molecular weight excluding hydrogens is 234 g/mol. The quantitative estimate of drug-likeness (QED) is 0.747. The maximum absolute atomic E-state index is 12.3. The van der Waals surface area contributed by atoms with Crippen LogP contribution in [0, 0.1) is 11.8 Å². The second-order valence-electron chi connectivity index (χ2n) is 5.25. The van der Waals surface area contributed by atoms with Crippen molar-refractivity contribution in [2.75, 3.05) is 13.2 Å². The van der Waals surface area contributed by atoms with E-state index in [2.05, 4.69) is 0 Å². The summed E-state index contributed by atoms with van der Waals surface area (Å²) in [6, 6.07) is 0.0907. The Hall–Kier alpha value is -1.10. The molecule has 5 nitrogen and oxygen atoms in total. The molecule has 2 N–H and O–H groups in total. The second-order valence-corrected chi connectivity index (χ2v) is 5.25. The molecule has 2 unspecified atom stereocenters. The lowest BCUT2D eigenvalue weighted by molar-refractivity contribution is -0.142. The predicted molar refractivity (Wildman–Crippen MR) is 67.0 cm³/mol. The predicted octanol–water partition coefficient (Wildman–Crippen LogP) is 1.11. The Balaban J connectivity index is 2.58. The molecular formula is C13H23NO4. The van der Waals surface area contributed by atoms with Crippen molar-refractivity contribution in [2.45, 2.75) is 45.6 Å². The van der Waals surface area contributed by atoms with Gasteiger partial charge in [-0.05, 0) is 39.5 Å². The van der Waals surface area contributed by atoms with E-state index in [1.54, 1.807) is 4.90 Å². The molecule has 18 heavy (non-hydrogen) atoms. The summed E-state index contributed by atoms with van der Waals surface area (Å²) in [6.45, 7) is 4.50. The van der Waals surface area contributed by atoms with Gasteiger partial charge in [0.15, 0.2) is 0 Å². The fourth-order valence-corrected chi connectivity index (χ4v) is 2.53. The third-order valence-electron chi connectivity index (χ3n) is 3.59. The minimum atomic E-state index is -0.795. The third-order valence-corrected chi connectivity index (χ3v) is 3.59. The van der Waals surface area contributed by atoms with Gasteiger partial charge < -0.3 is 15.1 Å². The van der Waals surface area contributed by atoms with Gasteiger partial charge in [-0.3, -0.25) is 9.59 Å². The molecule has 1 fully saturated rings. The second kappa shape index (κ2) is 6.73. The Labute approximate surface area is 108 Å². The van der Waals surface area contributed by atoms with Crippen LogP contribution in [-0.2, 0) is 9.59 Å². The summed E-state index contributed by atoms with van der Waals surface area (Å²) in [5.41, 5.74) is 0. The zero-order valence-electron chi connectivity index (χ0n) is 11.1. The van der Waals surface area contributed by atoms with E-state index in [0.29, 0.717) is 32.2 Å². The average Bonchev–Trinajstić information content (AvgIpc) is 2.78. The van der Waals surface area contributed by atoms with Crippen molar-refractivity contribution < 1.29 is 19.8 Å². The molecule has 0 saturated heterocycles.